The van der Waals surface area contributed by atoms with Crippen LogP contribution in [0.1, 0.15) is 12.5 Å². The first kappa shape index (κ1) is 19.7. The molecule has 0 aliphatic carbocycles. The third kappa shape index (κ3) is 4.33. The van der Waals surface area contributed by atoms with Gasteiger partial charge in [-0.3, -0.25) is 10.1 Å². The molecule has 4 rings (SSSR count). The molecule has 0 saturated heterocycles. The van der Waals surface area contributed by atoms with Crippen molar-refractivity contribution >= 4 is 34.2 Å². The van der Waals surface area contributed by atoms with Crippen molar-refractivity contribution in [3.63, 3.8) is 0 Å². The van der Waals surface area contributed by atoms with E-state index in [1.165, 1.54) is 17.4 Å². The molecule has 0 unspecified atom stereocenters. The van der Waals surface area contributed by atoms with Crippen LogP contribution in [0.4, 0.5) is 5.95 Å². The number of amides is 1. The number of thiazole rings is 1. The summed E-state index contributed by atoms with van der Waals surface area (Å²) in [6.07, 6.45) is 3.18. The van der Waals surface area contributed by atoms with Crippen LogP contribution < -0.4 is 14.8 Å². The third-order valence-corrected chi connectivity index (χ3v) is 5.14. The molecule has 4 aromatic rings. The fraction of sp³-hybridized carbons (Fsp3) is 0.136. The van der Waals surface area contributed by atoms with Crippen LogP contribution in [0.2, 0.25) is 0 Å². The Morgan fingerprint density at radius 1 is 1.13 bits per heavy atom. The third-order valence-electron chi connectivity index (χ3n) is 4.32. The molecule has 8 heteroatoms. The zero-order valence-electron chi connectivity index (χ0n) is 16.5. The Morgan fingerprint density at radius 2 is 1.87 bits per heavy atom. The Labute approximate surface area is 177 Å². The van der Waals surface area contributed by atoms with Crippen LogP contribution in [0.5, 0.6) is 11.5 Å². The maximum absolute atomic E-state index is 12.3. The lowest BCUT2D eigenvalue weighted by Gasteiger charge is -2.02. The van der Waals surface area contributed by atoms with Gasteiger partial charge in [-0.1, -0.05) is 12.1 Å². The molecule has 0 aliphatic rings. The van der Waals surface area contributed by atoms with E-state index in [1.807, 2.05) is 60.8 Å². The number of methoxy groups -OCH3 is 1. The van der Waals surface area contributed by atoms with Crippen LogP contribution >= 0.6 is 11.3 Å². The van der Waals surface area contributed by atoms with E-state index < -0.39 is 0 Å². The Morgan fingerprint density at radius 3 is 2.57 bits per heavy atom. The van der Waals surface area contributed by atoms with E-state index in [-0.39, 0.29) is 11.9 Å². The lowest BCUT2D eigenvalue weighted by Crippen LogP contribution is -2.09. The van der Waals surface area contributed by atoms with Gasteiger partial charge in [-0.2, -0.15) is 4.98 Å². The van der Waals surface area contributed by atoms with E-state index in [4.69, 9.17) is 9.47 Å². The zero-order chi connectivity index (χ0) is 20.9. The summed E-state index contributed by atoms with van der Waals surface area (Å²) in [7, 11) is 1.63. The number of ether oxygens (including phenoxy) is 2. The average molecular weight is 420 g/mol. The molecule has 0 bridgehead atoms. The quantitative estimate of drug-likeness (QED) is 0.445. The van der Waals surface area contributed by atoms with Crippen molar-refractivity contribution < 1.29 is 14.3 Å². The molecule has 7 nitrogen and oxygen atoms in total. The lowest BCUT2D eigenvalue weighted by molar-refractivity contribution is -0.111. The topological polar surface area (TPSA) is 77.8 Å². The summed E-state index contributed by atoms with van der Waals surface area (Å²) in [4.78, 5) is 17.3. The normalized spacial score (nSPS) is 11.1. The van der Waals surface area contributed by atoms with Crippen LogP contribution in [0, 0.1) is 0 Å². The second-order valence-corrected chi connectivity index (χ2v) is 7.14. The second-order valence-electron chi connectivity index (χ2n) is 6.30. The van der Waals surface area contributed by atoms with Crippen LogP contribution in [0.3, 0.4) is 0 Å². The summed E-state index contributed by atoms with van der Waals surface area (Å²) in [5.74, 6) is 1.55. The number of benzene rings is 2. The molecule has 152 valence electrons. The zero-order valence-corrected chi connectivity index (χ0v) is 17.3. The first-order valence-corrected chi connectivity index (χ1v) is 10.2. The number of carbonyl (C=O) groups is 1. The van der Waals surface area contributed by atoms with E-state index in [1.54, 1.807) is 17.7 Å². The molecule has 0 atom stereocenters. The van der Waals surface area contributed by atoms with Gasteiger partial charge >= 0.3 is 0 Å². The number of fused-ring (bicyclic) bond motifs is 1. The minimum Gasteiger partial charge on any atom is -0.497 e. The molecule has 2 heterocycles. The predicted octanol–water partition coefficient (Wildman–Crippen LogP) is 4.52. The maximum Gasteiger partial charge on any atom is 0.250 e. The fourth-order valence-corrected chi connectivity index (χ4v) is 3.69. The van der Waals surface area contributed by atoms with E-state index in [9.17, 15) is 4.79 Å². The molecule has 0 radical (unpaired) electrons. The summed E-state index contributed by atoms with van der Waals surface area (Å²) in [5.41, 5.74) is 2.78. The molecule has 1 N–H and O–H groups in total. The second kappa shape index (κ2) is 8.79. The van der Waals surface area contributed by atoms with Gasteiger partial charge in [0, 0.05) is 17.0 Å². The highest BCUT2D eigenvalue weighted by atomic mass is 32.1. The predicted molar refractivity (Wildman–Crippen MR) is 118 cm³/mol. The van der Waals surface area contributed by atoms with Gasteiger partial charge in [-0.15, -0.1) is 16.4 Å². The van der Waals surface area contributed by atoms with E-state index in [2.05, 4.69) is 15.4 Å². The minimum atomic E-state index is -0.298. The monoisotopic (exact) mass is 420 g/mol. The molecule has 0 saturated carbocycles. The van der Waals surface area contributed by atoms with Gasteiger partial charge in [0.1, 0.15) is 11.5 Å². The highest BCUT2D eigenvalue weighted by molar-refractivity contribution is 7.15. The Balaban J connectivity index is 1.46. The Kier molecular flexibility index (Phi) is 5.76. The molecule has 0 fully saturated rings. The Hall–Kier alpha value is -3.65. The number of nitrogens with one attached hydrogen (secondary N) is 1. The molecule has 30 heavy (non-hydrogen) atoms. The van der Waals surface area contributed by atoms with Crippen molar-refractivity contribution in [1.82, 2.24) is 14.6 Å². The SMILES string of the molecule is CCOc1ccc(/C=C/C(=O)Nc2nc3scc(-c4ccc(OC)cc4)n3n2)cc1. The number of hydrogen-bond donors (Lipinski definition) is 1. The first-order chi connectivity index (χ1) is 14.7. The molecule has 0 aliphatic heterocycles. The molecule has 1 amide bonds. The highest BCUT2D eigenvalue weighted by Crippen LogP contribution is 2.27. The standard InChI is InChI=1S/C22H20N4O3S/c1-3-29-18-9-4-15(5-10-18)6-13-20(27)23-21-24-22-26(25-21)19(14-30-22)16-7-11-17(28-2)12-8-16/h4-14H,3H2,1-2H3,(H,23,25,27)/b13-6+. The minimum absolute atomic E-state index is 0.262. The number of nitrogens with zero attached hydrogens (tertiary/aromatic N) is 3. The van der Waals surface area contributed by atoms with Crippen molar-refractivity contribution in [2.45, 2.75) is 6.92 Å². The van der Waals surface area contributed by atoms with E-state index in [0.29, 0.717) is 11.6 Å². The van der Waals surface area contributed by atoms with E-state index in [0.717, 1.165) is 28.3 Å². The van der Waals surface area contributed by atoms with Crippen molar-refractivity contribution in [3.05, 3.63) is 65.6 Å². The summed E-state index contributed by atoms with van der Waals surface area (Å²) in [6, 6.07) is 15.2. The molecule has 2 aromatic carbocycles. The largest absolute Gasteiger partial charge is 0.497 e. The van der Waals surface area contributed by atoms with Crippen LogP contribution in [-0.2, 0) is 4.79 Å². The molecular formula is C22H20N4O3S. The molecular weight excluding hydrogens is 400 g/mol. The van der Waals surface area contributed by atoms with Gasteiger partial charge < -0.3 is 9.47 Å². The van der Waals surface area contributed by atoms with Gasteiger partial charge in [0.15, 0.2) is 0 Å². The van der Waals surface area contributed by atoms with Crippen molar-refractivity contribution in [3.8, 4) is 22.8 Å². The van der Waals surface area contributed by atoms with Gasteiger partial charge in [0.05, 0.1) is 19.4 Å². The average Bonchev–Trinajstić information content (AvgIpc) is 3.34. The van der Waals surface area contributed by atoms with Gasteiger partial charge in [0.2, 0.25) is 4.96 Å². The van der Waals surface area contributed by atoms with Gasteiger partial charge in [-0.05, 0) is 55.0 Å². The van der Waals surface area contributed by atoms with Crippen LogP contribution in [0.25, 0.3) is 22.3 Å². The van der Waals surface area contributed by atoms with Gasteiger partial charge in [-0.25, -0.2) is 4.52 Å². The number of anilines is 1. The summed E-state index contributed by atoms with van der Waals surface area (Å²) >= 11 is 1.46. The molecule has 0 spiro atoms. The number of rotatable bonds is 7. The van der Waals surface area contributed by atoms with Crippen molar-refractivity contribution in [1.29, 1.82) is 0 Å². The van der Waals surface area contributed by atoms with Crippen molar-refractivity contribution in [2.75, 3.05) is 19.0 Å². The first-order valence-electron chi connectivity index (χ1n) is 9.37. The number of carbonyl (C=O) groups excluding carboxylic acids is 1. The van der Waals surface area contributed by atoms with Crippen LogP contribution in [-0.4, -0.2) is 34.2 Å². The number of aromatic nitrogens is 3. The molecule has 2 aromatic heterocycles. The number of hydrogen-bond acceptors (Lipinski definition) is 6. The Bertz CT molecular complexity index is 1180. The smallest absolute Gasteiger partial charge is 0.250 e. The van der Waals surface area contributed by atoms with Gasteiger partial charge in [0.25, 0.3) is 11.9 Å². The fourth-order valence-electron chi connectivity index (χ4n) is 2.86. The summed E-state index contributed by atoms with van der Waals surface area (Å²) in [5, 5.41) is 9.11. The summed E-state index contributed by atoms with van der Waals surface area (Å²) in [6.45, 7) is 2.55. The summed E-state index contributed by atoms with van der Waals surface area (Å²) < 4.78 is 12.3. The lowest BCUT2D eigenvalue weighted by atomic mass is 10.2. The van der Waals surface area contributed by atoms with Crippen molar-refractivity contribution in [2.24, 2.45) is 0 Å². The van der Waals surface area contributed by atoms with E-state index >= 15 is 0 Å². The highest BCUT2D eigenvalue weighted by Gasteiger charge is 2.12. The maximum atomic E-state index is 12.3. The van der Waals surface area contributed by atoms with Crippen LogP contribution in [0.15, 0.2) is 60.0 Å².